The maximum Gasteiger partial charge on any atom is 0.237 e. The Bertz CT molecular complexity index is 977. The summed E-state index contributed by atoms with van der Waals surface area (Å²) in [6.07, 6.45) is 0.725. The molecule has 0 radical (unpaired) electrons. The van der Waals surface area contributed by atoms with Gasteiger partial charge in [-0.3, -0.25) is 9.69 Å². The van der Waals surface area contributed by atoms with Gasteiger partial charge in [-0.15, -0.1) is 11.3 Å². The zero-order valence-corrected chi connectivity index (χ0v) is 18.9. The van der Waals surface area contributed by atoms with Crippen molar-refractivity contribution in [3.05, 3.63) is 50.7 Å². The second kappa shape index (κ2) is 7.20. The second-order valence-electron chi connectivity index (χ2n) is 8.64. The van der Waals surface area contributed by atoms with Gasteiger partial charge in [-0.05, 0) is 52.7 Å². The molecule has 1 aromatic carbocycles. The smallest absolute Gasteiger partial charge is 0.237 e. The quantitative estimate of drug-likeness (QED) is 0.809. The highest BCUT2D eigenvalue weighted by Gasteiger charge is 2.53. The van der Waals surface area contributed by atoms with Gasteiger partial charge in [-0.2, -0.15) is 0 Å². The number of nitrogens with zero attached hydrogens (tertiary/aromatic N) is 3. The maximum absolute atomic E-state index is 15.0. The molecule has 0 saturated heterocycles. The van der Waals surface area contributed by atoms with Gasteiger partial charge in [-0.25, -0.2) is 14.4 Å². The van der Waals surface area contributed by atoms with Crippen LogP contribution in [0, 0.1) is 25.1 Å². The number of benzene rings is 1. The van der Waals surface area contributed by atoms with Gasteiger partial charge < -0.3 is 5.73 Å². The minimum atomic E-state index is -1.10. The van der Waals surface area contributed by atoms with Crippen molar-refractivity contribution < 1.29 is 9.18 Å². The molecule has 2 atom stereocenters. The molecule has 0 fully saturated rings. The van der Waals surface area contributed by atoms with E-state index in [4.69, 9.17) is 5.73 Å². The van der Waals surface area contributed by atoms with Crippen LogP contribution in [0.25, 0.3) is 0 Å². The summed E-state index contributed by atoms with van der Waals surface area (Å²) in [5.74, 6) is -0.255. The third-order valence-electron chi connectivity index (χ3n) is 6.30. The Hall–Kier alpha value is -2.28. The Balaban J connectivity index is 2.02. The Morgan fingerprint density at radius 3 is 2.52 bits per heavy atom. The summed E-state index contributed by atoms with van der Waals surface area (Å²) in [6.45, 7) is 11.6. The topological polar surface area (TPSA) is 71.6 Å². The first-order valence-corrected chi connectivity index (χ1v) is 10.6. The summed E-state index contributed by atoms with van der Waals surface area (Å²) in [4.78, 5) is 24.7. The van der Waals surface area contributed by atoms with Gasteiger partial charge in [0.2, 0.25) is 5.91 Å². The number of aryl methyl sites for hydroxylation is 2. The van der Waals surface area contributed by atoms with E-state index in [2.05, 4.69) is 23.8 Å². The molecule has 0 spiro atoms. The Labute approximate surface area is 175 Å². The van der Waals surface area contributed by atoms with E-state index >= 15 is 0 Å². The molecule has 1 aliphatic heterocycles. The van der Waals surface area contributed by atoms with Crippen LogP contribution in [0.5, 0.6) is 0 Å². The number of carbonyl (C=O) groups is 1. The summed E-state index contributed by atoms with van der Waals surface area (Å²) in [7, 11) is 1.59. The molecule has 0 bridgehead atoms. The van der Waals surface area contributed by atoms with Gasteiger partial charge in [0.25, 0.3) is 0 Å². The Morgan fingerprint density at radius 2 is 1.93 bits per heavy atom. The molecule has 2 heterocycles. The van der Waals surface area contributed by atoms with Crippen molar-refractivity contribution in [1.82, 2.24) is 9.88 Å². The lowest BCUT2D eigenvalue weighted by Gasteiger charge is -2.46. The fraction of sp³-hybridized carbons (Fsp3) is 0.500. The maximum atomic E-state index is 15.0. The lowest BCUT2D eigenvalue weighted by atomic mass is 9.67. The van der Waals surface area contributed by atoms with Crippen LogP contribution in [0.4, 0.5) is 4.39 Å². The zero-order chi connectivity index (χ0) is 21.7. The minimum Gasteiger partial charge on any atom is -0.369 e. The lowest BCUT2D eigenvalue weighted by Crippen LogP contribution is -2.58. The zero-order valence-electron chi connectivity index (χ0n) is 18.1. The van der Waals surface area contributed by atoms with Crippen molar-refractivity contribution in [2.75, 3.05) is 7.05 Å². The van der Waals surface area contributed by atoms with Crippen molar-refractivity contribution in [2.45, 2.75) is 59.4 Å². The van der Waals surface area contributed by atoms with Crippen molar-refractivity contribution in [2.24, 2.45) is 16.1 Å². The number of carbonyl (C=O) groups excluding carboxylic acids is 1. The van der Waals surface area contributed by atoms with Crippen LogP contribution in [0.15, 0.2) is 23.2 Å². The number of hydrogen-bond acceptors (Lipinski definition) is 5. The van der Waals surface area contributed by atoms with E-state index in [1.54, 1.807) is 45.2 Å². The first-order chi connectivity index (χ1) is 13.4. The molecule has 1 aliphatic rings. The lowest BCUT2D eigenvalue weighted by molar-refractivity contribution is -0.140. The van der Waals surface area contributed by atoms with Gasteiger partial charge in [0.15, 0.2) is 5.96 Å². The molecule has 156 valence electrons. The van der Waals surface area contributed by atoms with Crippen LogP contribution in [0.1, 0.15) is 60.3 Å². The van der Waals surface area contributed by atoms with Crippen LogP contribution in [-0.2, 0) is 16.8 Å². The molecule has 1 amide bonds. The van der Waals surface area contributed by atoms with Crippen LogP contribution in [0.2, 0.25) is 0 Å². The number of amides is 1. The number of guanidine groups is 1. The molecule has 3 rings (SSSR count). The average molecular weight is 417 g/mol. The molecule has 1 aromatic heterocycles. The largest absolute Gasteiger partial charge is 0.369 e. The van der Waals surface area contributed by atoms with Crippen molar-refractivity contribution in [3.8, 4) is 0 Å². The highest BCUT2D eigenvalue weighted by Crippen LogP contribution is 2.47. The predicted molar refractivity (Wildman–Crippen MR) is 116 cm³/mol. The van der Waals surface area contributed by atoms with Crippen molar-refractivity contribution in [3.63, 3.8) is 0 Å². The normalized spacial score (nSPS) is 22.6. The molecule has 29 heavy (non-hydrogen) atoms. The number of rotatable bonds is 4. The average Bonchev–Trinajstić information content (AvgIpc) is 2.99. The molecular formula is C22H29FN4OS. The van der Waals surface area contributed by atoms with Crippen molar-refractivity contribution >= 4 is 23.2 Å². The minimum absolute atomic E-state index is 0.101. The molecule has 7 heteroatoms. The first kappa shape index (κ1) is 21.4. The molecule has 0 aliphatic carbocycles. The van der Waals surface area contributed by atoms with E-state index in [0.29, 0.717) is 5.56 Å². The van der Waals surface area contributed by atoms with Gasteiger partial charge >= 0.3 is 0 Å². The van der Waals surface area contributed by atoms with E-state index in [1.165, 1.54) is 15.8 Å². The molecular weight excluding hydrogens is 387 g/mol. The monoisotopic (exact) mass is 416 g/mol. The molecule has 1 unspecified atom stereocenters. The summed E-state index contributed by atoms with van der Waals surface area (Å²) in [6, 6.07) is 5.09. The van der Waals surface area contributed by atoms with Crippen LogP contribution in [-0.4, -0.2) is 28.8 Å². The summed E-state index contributed by atoms with van der Waals surface area (Å²) in [5.41, 5.74) is 6.38. The van der Waals surface area contributed by atoms with Gasteiger partial charge in [0.1, 0.15) is 11.4 Å². The molecule has 5 nitrogen and oxygen atoms in total. The SMILES string of the molecule is Cc1nc(C(C)Cc2ccc(F)c([C@@]3(C)N=C(N)N(C)C(=O)C3(C)C)c2)sc1C. The number of nitrogens with two attached hydrogens (primary N) is 1. The fourth-order valence-electron chi connectivity index (χ4n) is 3.79. The number of aromatic nitrogens is 1. The van der Waals surface area contributed by atoms with E-state index in [0.717, 1.165) is 22.7 Å². The molecule has 0 saturated carbocycles. The van der Waals surface area contributed by atoms with Crippen molar-refractivity contribution in [1.29, 1.82) is 0 Å². The predicted octanol–water partition coefficient (Wildman–Crippen LogP) is 4.27. The standard InChI is InChI=1S/C22H29FN4OS/c1-12(18-25-13(2)14(3)29-18)10-15-8-9-17(23)16(11-15)22(6)21(4,5)19(28)27(7)20(24)26-22/h8-9,11-12H,10H2,1-7H3,(H2,24,26)/t12?,22-/m1/s1. The van der Waals surface area contributed by atoms with Gasteiger partial charge in [0.05, 0.1) is 16.1 Å². The highest BCUT2D eigenvalue weighted by atomic mass is 32.1. The molecule has 2 N–H and O–H groups in total. The third kappa shape index (κ3) is 3.45. The first-order valence-electron chi connectivity index (χ1n) is 9.74. The number of thiazole rings is 1. The van der Waals surface area contributed by atoms with E-state index in [1.807, 2.05) is 13.0 Å². The van der Waals surface area contributed by atoms with Crippen LogP contribution < -0.4 is 5.73 Å². The van der Waals surface area contributed by atoms with Gasteiger partial charge in [-0.1, -0.05) is 19.1 Å². The number of hydrogen-bond donors (Lipinski definition) is 1. The van der Waals surface area contributed by atoms with E-state index in [-0.39, 0.29) is 23.6 Å². The third-order valence-corrected chi connectivity index (χ3v) is 7.61. The van der Waals surface area contributed by atoms with E-state index < -0.39 is 11.0 Å². The summed E-state index contributed by atoms with van der Waals surface area (Å²) < 4.78 is 15.0. The summed E-state index contributed by atoms with van der Waals surface area (Å²) in [5, 5.41) is 1.08. The Morgan fingerprint density at radius 1 is 1.28 bits per heavy atom. The highest BCUT2D eigenvalue weighted by molar-refractivity contribution is 7.11. The van der Waals surface area contributed by atoms with Gasteiger partial charge in [0, 0.05) is 23.4 Å². The number of aliphatic imine (C=N–C) groups is 1. The fourth-order valence-corrected chi connectivity index (χ4v) is 4.77. The summed E-state index contributed by atoms with van der Waals surface area (Å²) >= 11 is 1.70. The number of halogens is 1. The molecule has 2 aromatic rings. The van der Waals surface area contributed by atoms with Crippen LogP contribution >= 0.6 is 11.3 Å². The Kier molecular flexibility index (Phi) is 5.32. The second-order valence-corrected chi connectivity index (χ2v) is 9.88. The van der Waals surface area contributed by atoms with Crippen LogP contribution in [0.3, 0.4) is 0 Å². The van der Waals surface area contributed by atoms with E-state index in [9.17, 15) is 9.18 Å².